The highest BCUT2D eigenvalue weighted by Gasteiger charge is 2.81. The Bertz CT molecular complexity index is 605. The lowest BCUT2D eigenvalue weighted by atomic mass is 9.44. The van der Waals surface area contributed by atoms with E-state index in [9.17, 15) is 9.90 Å². The standard InChI is InChI=1S/C21H32O4/c1-19-8-6-13(22)10-12(19)4-5-15-14(19)7-9-20(2)16(18(23)24-3)11-17-21(15,20)25-17/h12-17,22H,4-11H2,1-3H3/t12?,13-,14?,15?,16+,17+,19-,20+,21+/m0/s1. The summed E-state index contributed by atoms with van der Waals surface area (Å²) in [6.07, 6.45) is 8.82. The summed E-state index contributed by atoms with van der Waals surface area (Å²) in [5.74, 6) is 1.91. The van der Waals surface area contributed by atoms with Gasteiger partial charge < -0.3 is 14.6 Å². The van der Waals surface area contributed by atoms with Crippen molar-refractivity contribution in [3.05, 3.63) is 0 Å². The molecule has 4 heteroatoms. The van der Waals surface area contributed by atoms with Gasteiger partial charge in [0, 0.05) is 5.41 Å². The molecule has 5 rings (SSSR count). The summed E-state index contributed by atoms with van der Waals surface area (Å²) < 4.78 is 11.6. The molecule has 0 radical (unpaired) electrons. The van der Waals surface area contributed by atoms with E-state index < -0.39 is 0 Å². The Kier molecular flexibility index (Phi) is 3.32. The molecule has 0 amide bonds. The number of carbonyl (C=O) groups is 1. The molecule has 1 heterocycles. The molecule has 0 bridgehead atoms. The van der Waals surface area contributed by atoms with Gasteiger partial charge in [0.05, 0.1) is 25.2 Å². The average Bonchev–Trinajstić information content (AvgIpc) is 3.25. The molecule has 4 nitrogen and oxygen atoms in total. The van der Waals surface area contributed by atoms with Crippen molar-refractivity contribution in [3.8, 4) is 0 Å². The normalized spacial score (nSPS) is 59.2. The predicted octanol–water partition coefficient (Wildman–Crippen LogP) is 3.31. The Balaban J connectivity index is 1.49. The summed E-state index contributed by atoms with van der Waals surface area (Å²) in [5.41, 5.74) is 0.222. The van der Waals surface area contributed by atoms with Crippen molar-refractivity contribution in [2.45, 2.75) is 83.0 Å². The molecule has 4 saturated carbocycles. The van der Waals surface area contributed by atoms with E-state index in [4.69, 9.17) is 9.47 Å². The van der Waals surface area contributed by atoms with Crippen molar-refractivity contribution in [2.75, 3.05) is 7.11 Å². The van der Waals surface area contributed by atoms with E-state index in [1.165, 1.54) is 26.4 Å². The quantitative estimate of drug-likeness (QED) is 0.583. The number of epoxide rings is 1. The molecular weight excluding hydrogens is 316 g/mol. The van der Waals surface area contributed by atoms with Gasteiger partial charge in [-0.1, -0.05) is 13.8 Å². The lowest BCUT2D eigenvalue weighted by Crippen LogP contribution is -2.59. The first-order valence-corrected chi connectivity index (χ1v) is 10.3. The maximum Gasteiger partial charge on any atom is 0.309 e. The van der Waals surface area contributed by atoms with Gasteiger partial charge in [0.1, 0.15) is 5.60 Å². The number of esters is 1. The van der Waals surface area contributed by atoms with E-state index in [1.807, 2.05) is 0 Å². The molecule has 0 aromatic carbocycles. The van der Waals surface area contributed by atoms with Crippen LogP contribution in [-0.2, 0) is 14.3 Å². The third-order valence-electron chi connectivity index (χ3n) is 9.55. The number of hydrogen-bond acceptors (Lipinski definition) is 4. The van der Waals surface area contributed by atoms with Crippen LogP contribution >= 0.6 is 0 Å². The van der Waals surface area contributed by atoms with Gasteiger partial charge in [-0.05, 0) is 74.5 Å². The Morgan fingerprint density at radius 3 is 2.64 bits per heavy atom. The first kappa shape index (κ1) is 16.6. The maximum absolute atomic E-state index is 12.4. The third-order valence-corrected chi connectivity index (χ3v) is 9.55. The molecule has 1 N–H and O–H groups in total. The van der Waals surface area contributed by atoms with Gasteiger partial charge in [-0.15, -0.1) is 0 Å². The van der Waals surface area contributed by atoms with Crippen LogP contribution in [0.15, 0.2) is 0 Å². The molecule has 9 atom stereocenters. The molecule has 1 saturated heterocycles. The van der Waals surface area contributed by atoms with Crippen molar-refractivity contribution in [1.82, 2.24) is 0 Å². The van der Waals surface area contributed by atoms with Gasteiger partial charge in [0.25, 0.3) is 0 Å². The van der Waals surface area contributed by atoms with E-state index in [0.29, 0.717) is 23.2 Å². The minimum absolute atomic E-state index is 0.0101. The zero-order valence-corrected chi connectivity index (χ0v) is 15.8. The van der Waals surface area contributed by atoms with Crippen molar-refractivity contribution in [1.29, 1.82) is 0 Å². The fraction of sp³-hybridized carbons (Fsp3) is 0.952. The van der Waals surface area contributed by atoms with Gasteiger partial charge in [-0.2, -0.15) is 0 Å². The van der Waals surface area contributed by atoms with Gasteiger partial charge in [-0.3, -0.25) is 4.79 Å². The molecule has 1 aliphatic heterocycles. The van der Waals surface area contributed by atoms with Crippen LogP contribution in [0.1, 0.15) is 65.2 Å². The largest absolute Gasteiger partial charge is 0.469 e. The summed E-state index contributed by atoms with van der Waals surface area (Å²) in [4.78, 5) is 12.4. The zero-order chi connectivity index (χ0) is 17.6. The summed E-state index contributed by atoms with van der Waals surface area (Å²) in [6, 6.07) is 0. The minimum Gasteiger partial charge on any atom is -0.469 e. The van der Waals surface area contributed by atoms with Crippen LogP contribution in [0.2, 0.25) is 0 Å². The third kappa shape index (κ3) is 1.83. The number of rotatable bonds is 1. The van der Waals surface area contributed by atoms with Crippen LogP contribution in [0.25, 0.3) is 0 Å². The molecular formula is C21H32O4. The van der Waals surface area contributed by atoms with Crippen molar-refractivity contribution in [3.63, 3.8) is 0 Å². The molecule has 0 aromatic heterocycles. The SMILES string of the molecule is COC(=O)[C@H]1C[C@H]2O[C@]23C2CCC4C[C@@H](O)CC[C@]4(C)C2CC[C@]13C. The van der Waals surface area contributed by atoms with E-state index in [-0.39, 0.29) is 35.1 Å². The number of ether oxygens (including phenoxy) is 2. The van der Waals surface area contributed by atoms with Gasteiger partial charge in [-0.25, -0.2) is 0 Å². The highest BCUT2D eigenvalue weighted by atomic mass is 16.6. The number of hydrogen-bond donors (Lipinski definition) is 1. The average molecular weight is 348 g/mol. The van der Waals surface area contributed by atoms with Crippen molar-refractivity contribution >= 4 is 5.97 Å². The van der Waals surface area contributed by atoms with Crippen LogP contribution in [0.5, 0.6) is 0 Å². The number of methoxy groups -OCH3 is 1. The zero-order valence-electron chi connectivity index (χ0n) is 15.8. The molecule has 0 aromatic rings. The molecule has 5 fully saturated rings. The first-order chi connectivity index (χ1) is 11.9. The van der Waals surface area contributed by atoms with Gasteiger partial charge in [0.2, 0.25) is 0 Å². The lowest BCUT2D eigenvalue weighted by molar-refractivity contribution is -0.168. The maximum atomic E-state index is 12.4. The van der Waals surface area contributed by atoms with Gasteiger partial charge in [0.15, 0.2) is 0 Å². The summed E-state index contributed by atoms with van der Waals surface area (Å²) in [5, 5.41) is 10.2. The van der Waals surface area contributed by atoms with E-state index in [2.05, 4.69) is 13.8 Å². The number of aliphatic hydroxyl groups is 1. The number of aliphatic hydroxyl groups excluding tert-OH is 1. The summed E-state index contributed by atoms with van der Waals surface area (Å²) in [7, 11) is 1.52. The Labute approximate surface area is 150 Å². The molecule has 25 heavy (non-hydrogen) atoms. The van der Waals surface area contributed by atoms with Crippen LogP contribution in [0.4, 0.5) is 0 Å². The minimum atomic E-state index is -0.0956. The smallest absolute Gasteiger partial charge is 0.309 e. The first-order valence-electron chi connectivity index (χ1n) is 10.3. The van der Waals surface area contributed by atoms with E-state index in [0.717, 1.165) is 32.1 Å². The second-order valence-electron chi connectivity index (χ2n) is 10.1. The monoisotopic (exact) mass is 348 g/mol. The summed E-state index contributed by atoms with van der Waals surface area (Å²) >= 11 is 0. The Morgan fingerprint density at radius 2 is 1.88 bits per heavy atom. The van der Waals surface area contributed by atoms with Crippen LogP contribution < -0.4 is 0 Å². The Morgan fingerprint density at radius 1 is 1.08 bits per heavy atom. The number of carbonyl (C=O) groups excluding carboxylic acids is 1. The molecule has 5 aliphatic rings. The second kappa shape index (κ2) is 5.01. The van der Waals surface area contributed by atoms with Crippen LogP contribution in [0.3, 0.4) is 0 Å². The number of fused-ring (bicyclic) bond motifs is 3. The van der Waals surface area contributed by atoms with Crippen molar-refractivity contribution < 1.29 is 19.4 Å². The second-order valence-corrected chi connectivity index (χ2v) is 10.1. The van der Waals surface area contributed by atoms with Crippen LogP contribution in [-0.4, -0.2) is 36.0 Å². The fourth-order valence-corrected chi connectivity index (χ4v) is 8.17. The van der Waals surface area contributed by atoms with Crippen molar-refractivity contribution in [2.24, 2.45) is 34.5 Å². The molecule has 1 spiro atoms. The highest BCUT2D eigenvalue weighted by molar-refractivity contribution is 5.75. The molecule has 4 aliphatic carbocycles. The summed E-state index contributed by atoms with van der Waals surface area (Å²) in [6.45, 7) is 4.79. The van der Waals surface area contributed by atoms with E-state index in [1.54, 1.807) is 0 Å². The van der Waals surface area contributed by atoms with E-state index >= 15 is 0 Å². The lowest BCUT2D eigenvalue weighted by Gasteiger charge is -2.60. The molecule has 3 unspecified atom stereocenters. The fourth-order valence-electron chi connectivity index (χ4n) is 8.17. The topological polar surface area (TPSA) is 59.1 Å². The predicted molar refractivity (Wildman–Crippen MR) is 92.7 cm³/mol. The van der Waals surface area contributed by atoms with Gasteiger partial charge >= 0.3 is 5.97 Å². The Hall–Kier alpha value is -0.610. The molecule has 140 valence electrons. The highest BCUT2D eigenvalue weighted by Crippen LogP contribution is 2.76. The van der Waals surface area contributed by atoms with Crippen LogP contribution in [0, 0.1) is 34.5 Å².